The highest BCUT2D eigenvalue weighted by molar-refractivity contribution is 5.93. The number of nitrogens with two attached hydrogens (primary N) is 1. The second-order valence-electron chi connectivity index (χ2n) is 4.38. The predicted molar refractivity (Wildman–Crippen MR) is 73.1 cm³/mol. The summed E-state index contributed by atoms with van der Waals surface area (Å²) in [7, 11) is 0. The number of urea groups is 1. The van der Waals surface area contributed by atoms with Gasteiger partial charge in [0.15, 0.2) is 0 Å². The number of carbonyl (C=O) groups excluding carboxylic acids is 2. The molecule has 0 bridgehead atoms. The van der Waals surface area contributed by atoms with Crippen molar-refractivity contribution in [2.24, 2.45) is 5.73 Å². The van der Waals surface area contributed by atoms with Crippen LogP contribution >= 0.6 is 0 Å². The van der Waals surface area contributed by atoms with Crippen LogP contribution < -0.4 is 16.6 Å². The monoisotopic (exact) mass is 274 g/mol. The Hall–Kier alpha value is -2.70. The minimum atomic E-state index is -0.908. The molecule has 3 N–H and O–H groups in total. The highest BCUT2D eigenvalue weighted by Gasteiger charge is 2.08. The lowest BCUT2D eigenvalue weighted by Crippen LogP contribution is -2.36. The van der Waals surface area contributed by atoms with Crippen LogP contribution in [-0.2, 0) is 11.3 Å². The number of nitrogens with zero attached hydrogens (tertiary/aromatic N) is 2. The molecule has 2 rings (SSSR count). The summed E-state index contributed by atoms with van der Waals surface area (Å²) in [6, 6.07) is 4.44. The molecule has 7 heteroatoms. The van der Waals surface area contributed by atoms with Crippen LogP contribution in [0, 0.1) is 6.92 Å². The van der Waals surface area contributed by atoms with Gasteiger partial charge in [0.1, 0.15) is 0 Å². The highest BCUT2D eigenvalue weighted by atomic mass is 16.2. The smallest absolute Gasteiger partial charge is 0.318 e. The van der Waals surface area contributed by atoms with Crippen molar-refractivity contribution < 1.29 is 9.59 Å². The van der Waals surface area contributed by atoms with Crippen molar-refractivity contribution in [3.05, 3.63) is 40.4 Å². The first-order valence-electron chi connectivity index (χ1n) is 6.03. The van der Waals surface area contributed by atoms with Crippen LogP contribution in [0.5, 0.6) is 0 Å². The molecule has 0 aliphatic carbocycles. The Bertz CT molecular complexity index is 736. The lowest BCUT2D eigenvalue weighted by Gasteiger charge is -2.07. The summed E-state index contributed by atoms with van der Waals surface area (Å²) in [5.41, 5.74) is 6.18. The Balaban J connectivity index is 2.24. The van der Waals surface area contributed by atoms with E-state index in [1.165, 1.54) is 10.9 Å². The molecule has 0 radical (unpaired) electrons. The van der Waals surface area contributed by atoms with Crippen LogP contribution in [0.25, 0.3) is 10.9 Å². The molecule has 0 saturated heterocycles. The topological polar surface area (TPSA) is 107 Å². The molecule has 0 fully saturated rings. The average molecular weight is 274 g/mol. The number of imide groups is 1. The van der Waals surface area contributed by atoms with E-state index in [9.17, 15) is 14.4 Å². The number of para-hydroxylation sites is 1. The van der Waals surface area contributed by atoms with Crippen molar-refractivity contribution in [1.29, 1.82) is 0 Å². The molecule has 1 heterocycles. The van der Waals surface area contributed by atoms with Gasteiger partial charge in [-0.1, -0.05) is 12.1 Å². The summed E-state index contributed by atoms with van der Waals surface area (Å²) < 4.78 is 1.34. The lowest BCUT2D eigenvalue weighted by atomic mass is 10.1. The lowest BCUT2D eigenvalue weighted by molar-refractivity contribution is -0.120. The Labute approximate surface area is 114 Å². The van der Waals surface area contributed by atoms with Crippen molar-refractivity contribution >= 4 is 22.8 Å². The van der Waals surface area contributed by atoms with E-state index >= 15 is 0 Å². The van der Waals surface area contributed by atoms with Crippen LogP contribution in [0.2, 0.25) is 0 Å². The van der Waals surface area contributed by atoms with Gasteiger partial charge >= 0.3 is 6.03 Å². The van der Waals surface area contributed by atoms with E-state index in [-0.39, 0.29) is 18.5 Å². The molecule has 0 atom stereocenters. The number of fused-ring (bicyclic) bond motifs is 1. The quantitative estimate of drug-likeness (QED) is 0.838. The molecule has 104 valence electrons. The third-order valence-corrected chi connectivity index (χ3v) is 2.90. The van der Waals surface area contributed by atoms with Gasteiger partial charge in [-0.3, -0.25) is 19.5 Å². The van der Waals surface area contributed by atoms with E-state index < -0.39 is 11.9 Å². The number of nitrogens with one attached hydrogen (secondary N) is 1. The van der Waals surface area contributed by atoms with E-state index in [1.54, 1.807) is 12.1 Å². The first-order chi connectivity index (χ1) is 9.49. The van der Waals surface area contributed by atoms with E-state index in [4.69, 9.17) is 5.73 Å². The van der Waals surface area contributed by atoms with Gasteiger partial charge in [0, 0.05) is 13.0 Å². The fraction of sp³-hybridized carbons (Fsp3) is 0.231. The maximum absolute atomic E-state index is 12.2. The zero-order chi connectivity index (χ0) is 14.7. The van der Waals surface area contributed by atoms with Crippen LogP contribution in [0.15, 0.2) is 29.3 Å². The number of hydrogen-bond acceptors (Lipinski definition) is 4. The van der Waals surface area contributed by atoms with Crippen LogP contribution in [-0.4, -0.2) is 21.5 Å². The summed E-state index contributed by atoms with van der Waals surface area (Å²) in [5, 5.41) is 2.45. The van der Waals surface area contributed by atoms with E-state index in [1.807, 2.05) is 18.3 Å². The zero-order valence-corrected chi connectivity index (χ0v) is 10.9. The maximum Gasteiger partial charge on any atom is 0.318 e. The predicted octanol–water partition coefficient (Wildman–Crippen LogP) is 0.290. The van der Waals surface area contributed by atoms with Crippen molar-refractivity contribution in [2.45, 2.75) is 19.9 Å². The Kier molecular flexibility index (Phi) is 3.79. The molecule has 7 nitrogen and oxygen atoms in total. The van der Waals surface area contributed by atoms with Gasteiger partial charge in [-0.25, -0.2) is 9.78 Å². The number of rotatable bonds is 3. The average Bonchev–Trinajstić information content (AvgIpc) is 2.38. The van der Waals surface area contributed by atoms with Crippen LogP contribution in [0.4, 0.5) is 4.79 Å². The third-order valence-electron chi connectivity index (χ3n) is 2.90. The zero-order valence-electron chi connectivity index (χ0n) is 10.9. The van der Waals surface area contributed by atoms with Crippen molar-refractivity contribution in [3.8, 4) is 0 Å². The largest absolute Gasteiger partial charge is 0.351 e. The number of carbonyl (C=O) groups is 2. The van der Waals surface area contributed by atoms with E-state index in [0.29, 0.717) is 10.9 Å². The van der Waals surface area contributed by atoms with Crippen LogP contribution in [0.1, 0.15) is 12.0 Å². The molecule has 3 amide bonds. The number of amides is 3. The van der Waals surface area contributed by atoms with E-state index in [2.05, 4.69) is 4.98 Å². The van der Waals surface area contributed by atoms with Gasteiger partial charge < -0.3 is 5.73 Å². The maximum atomic E-state index is 12.2. The number of primary amides is 1. The molecule has 20 heavy (non-hydrogen) atoms. The summed E-state index contributed by atoms with van der Waals surface area (Å²) >= 11 is 0. The van der Waals surface area contributed by atoms with Crippen molar-refractivity contribution in [1.82, 2.24) is 14.9 Å². The summed E-state index contributed by atoms with van der Waals surface area (Å²) in [6.07, 6.45) is 1.37. The number of aryl methyl sites for hydroxylation is 2. The van der Waals surface area contributed by atoms with Crippen LogP contribution in [0.3, 0.4) is 0 Å². The van der Waals surface area contributed by atoms with Gasteiger partial charge in [-0.05, 0) is 18.6 Å². The minimum Gasteiger partial charge on any atom is -0.351 e. The van der Waals surface area contributed by atoms with Gasteiger partial charge in [0.25, 0.3) is 5.56 Å². The number of benzene rings is 1. The molecule has 0 spiro atoms. The van der Waals surface area contributed by atoms with Gasteiger partial charge in [0.05, 0.1) is 17.2 Å². The number of aromatic nitrogens is 2. The molecule has 0 aliphatic heterocycles. The second-order valence-corrected chi connectivity index (χ2v) is 4.38. The standard InChI is InChI=1S/C13H14N4O3/c1-8-3-2-4-9-11(8)15-7-17(12(9)19)6-5-10(18)16-13(14)20/h2-4,7H,5-6H2,1H3,(H3,14,16,18,20). The molecule has 0 saturated carbocycles. The molecule has 0 aliphatic rings. The molecular weight excluding hydrogens is 260 g/mol. The number of hydrogen-bond donors (Lipinski definition) is 2. The summed E-state index contributed by atoms with van der Waals surface area (Å²) in [6.45, 7) is 2.01. The third kappa shape index (κ3) is 2.82. The Morgan fingerprint density at radius 1 is 1.40 bits per heavy atom. The fourth-order valence-electron chi connectivity index (χ4n) is 1.92. The Morgan fingerprint density at radius 3 is 2.85 bits per heavy atom. The highest BCUT2D eigenvalue weighted by Crippen LogP contribution is 2.11. The summed E-state index contributed by atoms with van der Waals surface area (Å²) in [5.74, 6) is -0.534. The molecule has 0 unspecified atom stereocenters. The first kappa shape index (κ1) is 13.7. The second kappa shape index (κ2) is 5.52. The fourth-order valence-corrected chi connectivity index (χ4v) is 1.92. The van der Waals surface area contributed by atoms with Gasteiger partial charge in [-0.2, -0.15) is 0 Å². The SMILES string of the molecule is Cc1cccc2c(=O)n(CCC(=O)NC(N)=O)cnc12. The minimum absolute atomic E-state index is 0.0259. The molecule has 2 aromatic rings. The molecular formula is C13H14N4O3. The normalized spacial score (nSPS) is 10.4. The van der Waals surface area contributed by atoms with Gasteiger partial charge in [-0.15, -0.1) is 0 Å². The first-order valence-corrected chi connectivity index (χ1v) is 6.03. The molecule has 1 aromatic carbocycles. The van der Waals surface area contributed by atoms with Crippen molar-refractivity contribution in [3.63, 3.8) is 0 Å². The Morgan fingerprint density at radius 2 is 2.15 bits per heavy atom. The van der Waals surface area contributed by atoms with E-state index in [0.717, 1.165) is 5.56 Å². The van der Waals surface area contributed by atoms with Crippen molar-refractivity contribution in [2.75, 3.05) is 0 Å². The summed E-state index contributed by atoms with van der Waals surface area (Å²) in [4.78, 5) is 38.3. The van der Waals surface area contributed by atoms with Gasteiger partial charge in [0.2, 0.25) is 5.91 Å². The molecule has 1 aromatic heterocycles.